The minimum Gasteiger partial charge on any atom is -0.403 e. The fourth-order valence-electron chi connectivity index (χ4n) is 3.68. The highest BCUT2D eigenvalue weighted by atomic mass is 32.1. The second-order valence-corrected chi connectivity index (χ2v) is 9.21. The molecule has 0 radical (unpaired) electrons. The fourth-order valence-corrected chi connectivity index (χ4v) is 4.56. The van der Waals surface area contributed by atoms with Gasteiger partial charge in [0.2, 0.25) is 0 Å². The molecule has 6 N–H and O–H groups in total. The van der Waals surface area contributed by atoms with Crippen LogP contribution in [0.1, 0.15) is 10.5 Å². The Hall–Kier alpha value is -3.16. The molecule has 35 heavy (non-hydrogen) atoms. The molecule has 2 fully saturated rings. The van der Waals surface area contributed by atoms with E-state index in [1.165, 1.54) is 12.3 Å². The molecule has 0 bridgehead atoms. The van der Waals surface area contributed by atoms with Crippen LogP contribution < -0.4 is 22.1 Å². The van der Waals surface area contributed by atoms with E-state index in [1.807, 2.05) is 0 Å². The zero-order valence-electron chi connectivity index (χ0n) is 18.8. The summed E-state index contributed by atoms with van der Waals surface area (Å²) < 4.78 is 47.9. The van der Waals surface area contributed by atoms with Gasteiger partial charge in [0.25, 0.3) is 5.91 Å². The summed E-state index contributed by atoms with van der Waals surface area (Å²) in [5.74, 6) is -1.83. The van der Waals surface area contributed by atoms with Crippen LogP contribution in [0.15, 0.2) is 35.1 Å². The Balaban J connectivity index is 1.58. The van der Waals surface area contributed by atoms with Gasteiger partial charge in [-0.1, -0.05) is 17.4 Å². The first-order valence-corrected chi connectivity index (χ1v) is 11.8. The van der Waals surface area contributed by atoms with Crippen molar-refractivity contribution in [3.8, 4) is 10.6 Å². The van der Waals surface area contributed by atoms with Gasteiger partial charge in [-0.15, -0.1) is 0 Å². The van der Waals surface area contributed by atoms with Gasteiger partial charge >= 0.3 is 0 Å². The number of alkyl halides is 1. The fraction of sp³-hybridized carbons (Fsp3) is 0.409. The van der Waals surface area contributed by atoms with Gasteiger partial charge in [0.1, 0.15) is 33.7 Å². The van der Waals surface area contributed by atoms with Crippen molar-refractivity contribution in [3.05, 3.63) is 47.4 Å². The molecule has 2 aliphatic heterocycles. The molecule has 2 aromatic rings. The number of benzene rings is 1. The smallest absolute Gasteiger partial charge is 0.277 e. The van der Waals surface area contributed by atoms with Gasteiger partial charge in [0.05, 0.1) is 31.0 Å². The Labute approximate surface area is 204 Å². The van der Waals surface area contributed by atoms with Crippen LogP contribution in [-0.4, -0.2) is 73.7 Å². The number of nitrogen functional groups attached to an aromatic ring is 1. The number of nitrogens with two attached hydrogens (primary N) is 2. The molecular formula is C22H26F3N7O2S. The highest BCUT2D eigenvalue weighted by molar-refractivity contribution is 7.19. The molecule has 13 heteroatoms. The van der Waals surface area contributed by atoms with Gasteiger partial charge in [-0.25, -0.2) is 18.2 Å². The SMILES string of the molecule is N/C=C(/NC(=O)c1nc(-c2c(F)cccc2F)sc1N)C(=NCC1COC1)N1CCNCC(F)C1. The number of aliphatic imine (C=N–C) groups is 1. The van der Waals surface area contributed by atoms with Crippen molar-refractivity contribution in [2.24, 2.45) is 16.6 Å². The van der Waals surface area contributed by atoms with Crippen molar-refractivity contribution in [1.29, 1.82) is 0 Å². The maximum absolute atomic E-state index is 14.3. The zero-order valence-corrected chi connectivity index (χ0v) is 19.6. The molecule has 0 spiro atoms. The monoisotopic (exact) mass is 509 g/mol. The molecule has 1 unspecified atom stereocenters. The van der Waals surface area contributed by atoms with Gasteiger partial charge < -0.3 is 31.7 Å². The first-order chi connectivity index (χ1) is 16.9. The van der Waals surface area contributed by atoms with Crippen molar-refractivity contribution in [2.75, 3.05) is 51.7 Å². The first kappa shape index (κ1) is 24.9. The lowest BCUT2D eigenvalue weighted by molar-refractivity contribution is -0.0266. The number of nitrogens with one attached hydrogen (secondary N) is 2. The molecule has 1 aromatic heterocycles. The van der Waals surface area contributed by atoms with Crippen LogP contribution in [0, 0.1) is 17.6 Å². The van der Waals surface area contributed by atoms with Crippen LogP contribution in [-0.2, 0) is 4.74 Å². The predicted octanol–water partition coefficient (Wildman–Crippen LogP) is 1.49. The van der Waals surface area contributed by atoms with Crippen molar-refractivity contribution in [3.63, 3.8) is 0 Å². The summed E-state index contributed by atoms with van der Waals surface area (Å²) in [4.78, 5) is 23.5. The molecule has 188 valence electrons. The Bertz CT molecular complexity index is 1120. The number of halogens is 3. The van der Waals surface area contributed by atoms with Crippen LogP contribution in [0.3, 0.4) is 0 Å². The number of rotatable bonds is 6. The average Bonchev–Trinajstić information content (AvgIpc) is 3.03. The zero-order chi connectivity index (χ0) is 24.9. The topological polar surface area (TPSA) is 131 Å². The van der Waals surface area contributed by atoms with Crippen molar-refractivity contribution < 1.29 is 22.7 Å². The average molecular weight is 510 g/mol. The molecule has 0 aliphatic carbocycles. The van der Waals surface area contributed by atoms with E-state index < -0.39 is 23.7 Å². The Morgan fingerprint density at radius 1 is 1.37 bits per heavy atom. The van der Waals surface area contributed by atoms with E-state index in [0.717, 1.165) is 23.5 Å². The number of hydrogen-bond donors (Lipinski definition) is 4. The van der Waals surface area contributed by atoms with Gasteiger partial charge in [-0.2, -0.15) is 0 Å². The molecular weight excluding hydrogens is 483 g/mol. The van der Waals surface area contributed by atoms with E-state index in [1.54, 1.807) is 4.90 Å². The molecule has 4 rings (SSSR count). The van der Waals surface area contributed by atoms with E-state index in [0.29, 0.717) is 38.7 Å². The third-order valence-corrected chi connectivity index (χ3v) is 6.45. The highest BCUT2D eigenvalue weighted by Gasteiger charge is 2.27. The standard InChI is InChI=1S/C22H26F3N7O2S/c23-13-8-28-4-5-32(9-13)20(29-7-12-10-34-11-12)16(6-26)30-21(33)18-19(27)35-22(31-18)17-14(24)2-1-3-15(17)25/h1-3,6,12-13,28H,4-5,7-11,26-27H2,(H,30,33)/b16-6+,29-20?. The number of thiazole rings is 1. The number of carbonyl (C=O) groups excluding carboxylic acids is 1. The number of nitrogens with zero attached hydrogens (tertiary/aromatic N) is 3. The largest absolute Gasteiger partial charge is 0.403 e. The number of amidine groups is 1. The second kappa shape index (κ2) is 11.1. The van der Waals surface area contributed by atoms with E-state index in [4.69, 9.17) is 16.2 Å². The number of hydrogen-bond acceptors (Lipinski definition) is 8. The number of carbonyl (C=O) groups is 1. The number of anilines is 1. The van der Waals surface area contributed by atoms with E-state index in [9.17, 15) is 18.0 Å². The Kier molecular flexibility index (Phi) is 7.88. The third kappa shape index (κ3) is 5.74. The maximum atomic E-state index is 14.3. The molecule has 3 heterocycles. The molecule has 1 aromatic carbocycles. The molecule has 2 aliphatic rings. The lowest BCUT2D eigenvalue weighted by atomic mass is 10.1. The van der Waals surface area contributed by atoms with Gasteiger partial charge in [0, 0.05) is 38.3 Å². The molecule has 2 saturated heterocycles. The number of aromatic nitrogens is 1. The lowest BCUT2D eigenvalue weighted by Crippen LogP contribution is -2.43. The normalized spacial score (nSPS) is 19.9. The lowest BCUT2D eigenvalue weighted by Gasteiger charge is -2.29. The predicted molar refractivity (Wildman–Crippen MR) is 128 cm³/mol. The van der Waals surface area contributed by atoms with Gasteiger partial charge in [-0.05, 0) is 12.1 Å². The van der Waals surface area contributed by atoms with Gasteiger partial charge in [-0.3, -0.25) is 9.79 Å². The van der Waals surface area contributed by atoms with Crippen LogP contribution >= 0.6 is 11.3 Å². The number of amides is 1. The quantitative estimate of drug-likeness (QED) is 0.343. The maximum Gasteiger partial charge on any atom is 0.277 e. The minimum absolute atomic E-state index is 0.0237. The summed E-state index contributed by atoms with van der Waals surface area (Å²) in [6.07, 6.45) is 0.0245. The van der Waals surface area contributed by atoms with Crippen molar-refractivity contribution in [1.82, 2.24) is 20.5 Å². The van der Waals surface area contributed by atoms with Crippen LogP contribution in [0.5, 0.6) is 0 Å². The van der Waals surface area contributed by atoms with Crippen LogP contribution in [0.4, 0.5) is 18.2 Å². The Morgan fingerprint density at radius 3 is 2.77 bits per heavy atom. The van der Waals surface area contributed by atoms with E-state index in [-0.39, 0.29) is 46.0 Å². The summed E-state index contributed by atoms with van der Waals surface area (Å²) in [7, 11) is 0. The van der Waals surface area contributed by atoms with Crippen LogP contribution in [0.2, 0.25) is 0 Å². The summed E-state index contributed by atoms with van der Waals surface area (Å²) >= 11 is 0.786. The van der Waals surface area contributed by atoms with E-state index >= 15 is 0 Å². The van der Waals surface area contributed by atoms with E-state index in [2.05, 4.69) is 20.6 Å². The molecule has 0 saturated carbocycles. The molecule has 1 atom stereocenters. The second-order valence-electron chi connectivity index (χ2n) is 8.18. The first-order valence-electron chi connectivity index (χ1n) is 11.0. The van der Waals surface area contributed by atoms with Crippen molar-refractivity contribution in [2.45, 2.75) is 6.17 Å². The van der Waals surface area contributed by atoms with Crippen molar-refractivity contribution >= 4 is 28.1 Å². The summed E-state index contributed by atoms with van der Waals surface area (Å²) in [5, 5.41) is 5.56. The molecule has 9 nitrogen and oxygen atoms in total. The summed E-state index contributed by atoms with van der Waals surface area (Å²) in [5.41, 5.74) is 11.4. The number of ether oxygens (including phenoxy) is 1. The Morgan fingerprint density at radius 2 is 2.11 bits per heavy atom. The van der Waals surface area contributed by atoms with Crippen LogP contribution in [0.25, 0.3) is 10.6 Å². The highest BCUT2D eigenvalue weighted by Crippen LogP contribution is 2.33. The van der Waals surface area contributed by atoms with Gasteiger partial charge in [0.15, 0.2) is 5.69 Å². The molecule has 1 amide bonds. The minimum atomic E-state index is -1.14. The summed E-state index contributed by atoms with van der Waals surface area (Å²) in [6.45, 7) is 2.80. The summed E-state index contributed by atoms with van der Waals surface area (Å²) in [6, 6.07) is 3.41. The third-order valence-electron chi connectivity index (χ3n) is 5.55.